The van der Waals surface area contributed by atoms with Gasteiger partial charge in [-0.05, 0) is 31.4 Å². The minimum atomic E-state index is -4.29. The molecule has 0 spiro atoms. The highest BCUT2D eigenvalue weighted by Gasteiger charge is 2.33. The van der Waals surface area contributed by atoms with Crippen molar-refractivity contribution in [3.8, 4) is 0 Å². The predicted octanol–water partition coefficient (Wildman–Crippen LogP) is 4.89. The van der Waals surface area contributed by atoms with Gasteiger partial charge in [-0.25, -0.2) is 0 Å². The van der Waals surface area contributed by atoms with Crippen molar-refractivity contribution in [2.24, 2.45) is 0 Å². The van der Waals surface area contributed by atoms with Gasteiger partial charge in [-0.15, -0.1) is 11.8 Å². The molecule has 0 aliphatic rings. The topological polar surface area (TPSA) is 12.0 Å². The molecule has 17 heavy (non-hydrogen) atoms. The maximum absolute atomic E-state index is 12.6. The van der Waals surface area contributed by atoms with E-state index in [4.69, 9.17) is 0 Å². The number of halogens is 3. The van der Waals surface area contributed by atoms with E-state index in [1.165, 1.54) is 6.07 Å². The second-order valence-electron chi connectivity index (χ2n) is 2.94. The molecule has 0 heterocycles. The molecule has 1 nitrogen and oxygen atoms in total. The minimum absolute atomic E-state index is 0.254. The van der Waals surface area contributed by atoms with Crippen LogP contribution < -0.4 is 5.32 Å². The molecule has 0 aliphatic carbocycles. The number of benzene rings is 1. The van der Waals surface area contributed by atoms with Crippen molar-refractivity contribution in [2.75, 3.05) is 18.1 Å². The summed E-state index contributed by atoms with van der Waals surface area (Å²) in [6, 6.07) is 4.30. The lowest BCUT2D eigenvalue weighted by Gasteiger charge is -2.13. The van der Waals surface area contributed by atoms with Gasteiger partial charge in [-0.3, -0.25) is 0 Å². The van der Waals surface area contributed by atoms with Crippen molar-refractivity contribution in [3.63, 3.8) is 0 Å². The average Bonchev–Trinajstić information content (AvgIpc) is 2.31. The molecule has 0 radical (unpaired) electrons. The number of anilines is 1. The molecule has 0 aromatic heterocycles. The molecule has 98 valence electrons. The Hall–Kier alpha value is -0.840. The summed E-state index contributed by atoms with van der Waals surface area (Å²) in [6.45, 7) is 6.45. The Bertz CT molecular complexity index is 337. The van der Waals surface area contributed by atoms with Crippen molar-refractivity contribution in [1.29, 1.82) is 0 Å². The second kappa shape index (κ2) is 7.48. The minimum Gasteiger partial charge on any atom is -0.385 e. The van der Waals surface area contributed by atoms with Crippen LogP contribution in [0, 0.1) is 0 Å². The summed E-state index contributed by atoms with van der Waals surface area (Å²) in [5.41, 5.74) is -0.0731. The Balaban J connectivity index is 0.00000121. The summed E-state index contributed by atoms with van der Waals surface area (Å²) in [7, 11) is 0. The molecule has 0 aliphatic heterocycles. The van der Waals surface area contributed by atoms with Gasteiger partial charge in [0.1, 0.15) is 0 Å². The Kier molecular flexibility index (Phi) is 7.11. The van der Waals surface area contributed by atoms with Crippen molar-refractivity contribution >= 4 is 17.4 Å². The molecule has 5 heteroatoms. The van der Waals surface area contributed by atoms with Gasteiger partial charge in [-0.2, -0.15) is 13.2 Å². The molecular weight excluding hydrogens is 247 g/mol. The zero-order valence-electron chi connectivity index (χ0n) is 10.5. The molecule has 1 aromatic rings. The Morgan fingerprint density at radius 3 is 2.24 bits per heavy atom. The lowest BCUT2D eigenvalue weighted by atomic mass is 10.2. The molecule has 1 aromatic carbocycles. The molecule has 1 N–H and O–H groups in total. The lowest BCUT2D eigenvalue weighted by molar-refractivity contribution is -0.139. The summed E-state index contributed by atoms with van der Waals surface area (Å²) in [5, 5.41) is 2.86. The highest BCUT2D eigenvalue weighted by molar-refractivity contribution is 7.98. The number of rotatable bonds is 3. The zero-order valence-corrected chi connectivity index (χ0v) is 11.3. The molecular formula is C12H18F3NS. The largest absolute Gasteiger partial charge is 0.417 e. The van der Waals surface area contributed by atoms with E-state index in [-0.39, 0.29) is 4.90 Å². The van der Waals surface area contributed by atoms with E-state index < -0.39 is 11.7 Å². The van der Waals surface area contributed by atoms with Crippen molar-refractivity contribution in [2.45, 2.75) is 31.8 Å². The predicted molar refractivity (Wildman–Crippen MR) is 68.7 cm³/mol. The normalized spacial score (nSPS) is 10.5. The van der Waals surface area contributed by atoms with Crippen LogP contribution in [-0.4, -0.2) is 12.8 Å². The second-order valence-corrected chi connectivity index (χ2v) is 3.79. The van der Waals surface area contributed by atoms with E-state index in [9.17, 15) is 13.2 Å². The van der Waals surface area contributed by atoms with Crippen molar-refractivity contribution in [1.82, 2.24) is 0 Å². The summed E-state index contributed by atoms with van der Waals surface area (Å²) in [5.74, 6) is 0. The van der Waals surface area contributed by atoms with E-state index in [1.807, 2.05) is 20.8 Å². The first-order chi connectivity index (χ1) is 7.99. The van der Waals surface area contributed by atoms with E-state index >= 15 is 0 Å². The van der Waals surface area contributed by atoms with Gasteiger partial charge in [0.25, 0.3) is 0 Å². The van der Waals surface area contributed by atoms with Crippen LogP contribution in [-0.2, 0) is 6.18 Å². The number of hydrogen-bond donors (Lipinski definition) is 1. The van der Waals surface area contributed by atoms with Crippen molar-refractivity contribution < 1.29 is 13.2 Å². The first kappa shape index (κ1) is 16.2. The quantitative estimate of drug-likeness (QED) is 0.781. The Morgan fingerprint density at radius 2 is 1.82 bits per heavy atom. The maximum Gasteiger partial charge on any atom is 0.417 e. The Labute approximate surface area is 105 Å². The highest BCUT2D eigenvalue weighted by atomic mass is 32.2. The van der Waals surface area contributed by atoms with Gasteiger partial charge in [0.15, 0.2) is 0 Å². The van der Waals surface area contributed by atoms with Crippen LogP contribution in [0.15, 0.2) is 23.1 Å². The molecule has 0 unspecified atom stereocenters. The first-order valence-electron chi connectivity index (χ1n) is 5.48. The van der Waals surface area contributed by atoms with Gasteiger partial charge in [0, 0.05) is 17.1 Å². The molecule has 0 saturated carbocycles. The van der Waals surface area contributed by atoms with Crippen molar-refractivity contribution in [3.05, 3.63) is 23.8 Å². The van der Waals surface area contributed by atoms with Crippen LogP contribution in [0.2, 0.25) is 0 Å². The molecule has 0 saturated heterocycles. The van der Waals surface area contributed by atoms with Gasteiger partial charge >= 0.3 is 6.18 Å². The van der Waals surface area contributed by atoms with Gasteiger partial charge in [-0.1, -0.05) is 13.8 Å². The first-order valence-corrected chi connectivity index (χ1v) is 6.70. The number of nitrogens with one attached hydrogen (secondary N) is 1. The van der Waals surface area contributed by atoms with Crippen LogP contribution in [0.4, 0.5) is 18.9 Å². The van der Waals surface area contributed by atoms with E-state index in [0.29, 0.717) is 12.2 Å². The third kappa shape index (κ3) is 4.89. The summed E-state index contributed by atoms with van der Waals surface area (Å²) >= 11 is 1.10. The third-order valence-corrected chi connectivity index (χ3v) is 2.68. The number of thioether (sulfide) groups is 1. The highest BCUT2D eigenvalue weighted by Crippen LogP contribution is 2.37. The lowest BCUT2D eigenvalue weighted by Crippen LogP contribution is -2.08. The monoisotopic (exact) mass is 265 g/mol. The summed E-state index contributed by atoms with van der Waals surface area (Å²) in [6.07, 6.45) is -2.65. The van der Waals surface area contributed by atoms with Gasteiger partial charge < -0.3 is 5.32 Å². The Morgan fingerprint density at radius 1 is 1.24 bits per heavy atom. The third-order valence-electron chi connectivity index (χ3n) is 1.89. The smallest absolute Gasteiger partial charge is 0.385 e. The summed E-state index contributed by atoms with van der Waals surface area (Å²) in [4.78, 5) is 0.254. The van der Waals surface area contributed by atoms with Crippen LogP contribution in [0.25, 0.3) is 0 Å². The fraction of sp³-hybridized carbons (Fsp3) is 0.500. The molecule has 0 amide bonds. The standard InChI is InChI=1S/C10H12F3NS.C2H6/c1-3-14-7-4-5-9(15-2)8(6-7)10(11,12)13;1-2/h4-6,14H,3H2,1-2H3;1-2H3. The van der Waals surface area contributed by atoms with Gasteiger partial charge in [0.2, 0.25) is 0 Å². The van der Waals surface area contributed by atoms with Gasteiger partial charge in [0.05, 0.1) is 5.56 Å². The fourth-order valence-corrected chi connectivity index (χ4v) is 1.84. The van der Waals surface area contributed by atoms with Crippen LogP contribution in [0.1, 0.15) is 26.3 Å². The van der Waals surface area contributed by atoms with Crippen LogP contribution >= 0.6 is 11.8 Å². The average molecular weight is 265 g/mol. The molecule has 0 fully saturated rings. The maximum atomic E-state index is 12.6. The SMILES string of the molecule is CC.CCNc1ccc(SC)c(C(F)(F)F)c1. The number of alkyl halides is 3. The van der Waals surface area contributed by atoms with E-state index in [0.717, 1.165) is 17.8 Å². The molecule has 0 bridgehead atoms. The fourth-order valence-electron chi connectivity index (χ4n) is 1.24. The zero-order chi connectivity index (χ0) is 13.5. The van der Waals surface area contributed by atoms with E-state index in [2.05, 4.69) is 5.32 Å². The number of hydrogen-bond acceptors (Lipinski definition) is 2. The van der Waals surface area contributed by atoms with Crippen LogP contribution in [0.5, 0.6) is 0 Å². The van der Waals surface area contributed by atoms with Crippen LogP contribution in [0.3, 0.4) is 0 Å². The molecule has 0 atom stereocenters. The molecule has 1 rings (SSSR count). The van der Waals surface area contributed by atoms with E-state index in [1.54, 1.807) is 12.3 Å². The summed E-state index contributed by atoms with van der Waals surface area (Å²) < 4.78 is 37.8.